The van der Waals surface area contributed by atoms with Crippen LogP contribution in [0, 0.1) is 22.7 Å². The van der Waals surface area contributed by atoms with Gasteiger partial charge in [-0.15, -0.1) is 0 Å². The second-order valence-electron chi connectivity index (χ2n) is 12.4. The first kappa shape index (κ1) is 49.6. The average molecular weight is 759 g/mol. The van der Waals surface area contributed by atoms with Gasteiger partial charge in [0.05, 0.1) is 22.5 Å². The van der Waals surface area contributed by atoms with Crippen molar-refractivity contribution < 1.29 is 51.0 Å². The van der Waals surface area contributed by atoms with Gasteiger partial charge >= 0.3 is 31.0 Å². The summed E-state index contributed by atoms with van der Waals surface area (Å²) in [5, 5.41) is 15.4. The minimum Gasteiger partial charge on any atom is -0.418 e. The predicted octanol–water partition coefficient (Wildman–Crippen LogP) is 10.5. The fraction of sp³-hybridized carbons (Fsp3) is 0.533. The molecule has 0 atom stereocenters. The molecular weight excluding hydrogens is 711 g/mol. The molecule has 0 bridgehead atoms. The Bertz CT molecular complexity index is 1040. The normalized spacial score (nSPS) is 17.2. The number of nitrogens with zero attached hydrogens (tertiary/aromatic N) is 4. The summed E-state index contributed by atoms with van der Waals surface area (Å²) in [5.74, 6) is 0. The molecule has 0 radical (unpaired) electrons. The Kier molecular flexibility index (Phi) is 25.8. The van der Waals surface area contributed by atoms with E-state index in [4.69, 9.17) is 10.5 Å². The van der Waals surface area contributed by atoms with Crippen molar-refractivity contribution in [1.29, 1.82) is 10.5 Å². The topological polar surface area (TPSA) is 54.1 Å². The molecule has 0 aliphatic carbocycles. The third-order valence-electron chi connectivity index (χ3n) is 6.28. The molecule has 47 heavy (non-hydrogen) atoms. The summed E-state index contributed by atoms with van der Waals surface area (Å²) in [7, 11) is -13.1. The van der Waals surface area contributed by atoms with E-state index in [-0.39, 0.29) is 16.5 Å². The Balaban J connectivity index is -0.000000952. The van der Waals surface area contributed by atoms with Crippen molar-refractivity contribution in [3.8, 4) is 12.1 Å². The average Bonchev–Trinajstić information content (AvgIpc) is 2.85. The molecule has 17 heteroatoms. The van der Waals surface area contributed by atoms with Gasteiger partial charge in [0.1, 0.15) is 25.1 Å². The largest absolute Gasteiger partial charge is 2.00 e. The number of halogens is 8. The molecule has 1 aliphatic heterocycles. The summed E-state index contributed by atoms with van der Waals surface area (Å²) < 4.78 is 78.0. The van der Waals surface area contributed by atoms with Crippen LogP contribution in [0.1, 0.15) is 66.5 Å². The Morgan fingerprint density at radius 3 is 0.936 bits per heavy atom. The molecule has 2 aromatic rings. The van der Waals surface area contributed by atoms with Crippen LogP contribution < -0.4 is 0 Å². The van der Waals surface area contributed by atoms with Gasteiger partial charge in [0.25, 0.3) is 0 Å². The van der Waals surface area contributed by atoms with Crippen molar-refractivity contribution in [2.24, 2.45) is 0 Å². The van der Waals surface area contributed by atoms with Gasteiger partial charge < -0.3 is 34.5 Å². The Morgan fingerprint density at radius 1 is 0.574 bits per heavy atom. The van der Waals surface area contributed by atoms with Crippen molar-refractivity contribution in [2.75, 3.05) is 25.1 Å². The fourth-order valence-electron chi connectivity index (χ4n) is 4.15. The van der Waals surface area contributed by atoms with Gasteiger partial charge in [-0.1, -0.05) is 60.7 Å². The van der Waals surface area contributed by atoms with E-state index in [1.165, 1.54) is 50.1 Å². The summed E-state index contributed by atoms with van der Waals surface area (Å²) >= 11 is 0. The second-order valence-corrected chi connectivity index (χ2v) is 19.1. The first-order chi connectivity index (χ1) is 20.9. The van der Waals surface area contributed by atoms with E-state index in [1.54, 1.807) is 12.1 Å². The summed E-state index contributed by atoms with van der Waals surface area (Å²) in [6.07, 6.45) is 5.16. The molecule has 268 valence electrons. The van der Waals surface area contributed by atoms with Gasteiger partial charge in [0.15, 0.2) is 0 Å². The Hall–Kier alpha value is -1.74. The van der Waals surface area contributed by atoms with Gasteiger partial charge in [-0.3, -0.25) is 0 Å². The molecule has 0 aromatic heterocycles. The third-order valence-corrected chi connectivity index (χ3v) is 13.8. The third kappa shape index (κ3) is 31.3. The molecule has 1 heterocycles. The summed E-state index contributed by atoms with van der Waals surface area (Å²) in [6, 6.07) is 25.7. The Labute approximate surface area is 288 Å². The van der Waals surface area contributed by atoms with Gasteiger partial charge in [-0.25, -0.2) is 9.80 Å². The molecule has 0 unspecified atom stereocenters. The van der Waals surface area contributed by atoms with Crippen LogP contribution in [0.25, 0.3) is 0 Å². The zero-order valence-corrected chi connectivity index (χ0v) is 31.3. The zero-order valence-electron chi connectivity index (χ0n) is 28.3. The number of benzene rings is 2. The van der Waals surface area contributed by atoms with Crippen LogP contribution in [-0.2, 0) is 29.6 Å². The summed E-state index contributed by atoms with van der Waals surface area (Å²) in [4.78, 5) is 5.66. The predicted molar refractivity (Wildman–Crippen MR) is 183 cm³/mol. The van der Waals surface area contributed by atoms with Crippen molar-refractivity contribution >= 4 is 30.4 Å². The number of hydrogen-bond donors (Lipinski definition) is 0. The number of rotatable bonds is 4. The molecule has 0 amide bonds. The molecular formula is C30H48B2F8N4NiP2+2. The van der Waals surface area contributed by atoms with Crippen LogP contribution >= 0.6 is 15.8 Å². The van der Waals surface area contributed by atoms with Gasteiger partial charge in [0, 0.05) is 42.8 Å². The first-order valence-corrected chi connectivity index (χ1v) is 18.4. The molecule has 1 saturated heterocycles. The van der Waals surface area contributed by atoms with E-state index in [0.29, 0.717) is 10.3 Å². The molecule has 4 nitrogen and oxygen atoms in total. The maximum atomic E-state index is 9.75. The van der Waals surface area contributed by atoms with E-state index in [2.05, 4.69) is 112 Å². The van der Waals surface area contributed by atoms with Crippen molar-refractivity contribution in [3.63, 3.8) is 0 Å². The minimum absolute atomic E-state index is 0. The van der Waals surface area contributed by atoms with Crippen LogP contribution in [0.3, 0.4) is 0 Å². The number of nitriles is 2. The molecule has 3 rings (SSSR count). The van der Waals surface area contributed by atoms with E-state index in [9.17, 15) is 34.5 Å². The van der Waals surface area contributed by atoms with E-state index in [1.807, 2.05) is 0 Å². The quantitative estimate of drug-likeness (QED) is 0.177. The van der Waals surface area contributed by atoms with Crippen LogP contribution in [-0.4, -0.2) is 59.8 Å². The number of hydrogen-bond acceptors (Lipinski definition) is 4. The van der Waals surface area contributed by atoms with Crippen LogP contribution in [0.15, 0.2) is 60.7 Å². The van der Waals surface area contributed by atoms with Crippen molar-refractivity contribution in [2.45, 2.75) is 78.8 Å². The van der Waals surface area contributed by atoms with Gasteiger partial charge in [0.2, 0.25) is 0 Å². The monoisotopic (exact) mass is 758 g/mol. The molecule has 0 N–H and O–H groups in total. The van der Waals surface area contributed by atoms with Crippen LogP contribution in [0.5, 0.6) is 0 Å². The molecule has 0 saturated carbocycles. The molecule has 0 spiro atoms. The van der Waals surface area contributed by atoms with Crippen LogP contribution in [0.4, 0.5) is 34.5 Å². The van der Waals surface area contributed by atoms with Crippen molar-refractivity contribution in [1.82, 2.24) is 9.80 Å². The van der Waals surface area contributed by atoms with Crippen LogP contribution in [0.2, 0.25) is 0 Å². The zero-order chi connectivity index (χ0) is 36.2. The SMILES string of the molecule is CC#N.CC#N.CC(C)(C)[PH+]1CN(Cc2ccccc2)C[PH+](C(C)(C)C)CN(Cc2ccccc2)C1.F[B-](F)(F)F.F[B-](F)(F)F.[Ni+2]. The fourth-order valence-corrected chi connectivity index (χ4v) is 9.75. The van der Waals surface area contributed by atoms with Gasteiger partial charge in [-0.05, 0) is 52.7 Å². The summed E-state index contributed by atoms with van der Waals surface area (Å²) in [5.41, 5.74) is 2.93. The standard InChI is InChI=1S/C26H40N2P2.2C2H3N.2BF4.Ni/c1-25(2,3)29-19-27(17-23-13-9-7-10-14-23)21-30(26(4,5)6)22-28(20-29)18-24-15-11-8-12-16-24;2*1-2-3;2*2-1(3,4)5;/h7-16H,17-22H2,1-6H3;2*1H3;;;/q;;;2*-1;+2/p+2. The maximum absolute atomic E-state index is 9.75. The first-order valence-electron chi connectivity index (χ1n) is 14.5. The van der Waals surface area contributed by atoms with Gasteiger partial charge in [-0.2, -0.15) is 10.5 Å². The molecule has 2 aromatic carbocycles. The smallest absolute Gasteiger partial charge is 0.418 e. The van der Waals surface area contributed by atoms with E-state index in [0.717, 1.165) is 13.1 Å². The molecule has 1 fully saturated rings. The minimum atomic E-state index is -6.00. The summed E-state index contributed by atoms with van der Waals surface area (Å²) in [6.45, 7) is 19.9. The Morgan fingerprint density at radius 2 is 0.766 bits per heavy atom. The second kappa shape index (κ2) is 24.4. The van der Waals surface area contributed by atoms with Crippen molar-refractivity contribution in [3.05, 3.63) is 71.8 Å². The van der Waals surface area contributed by atoms with E-state index >= 15 is 0 Å². The van der Waals surface area contributed by atoms with E-state index < -0.39 is 30.4 Å². The molecule has 1 aliphatic rings. The maximum Gasteiger partial charge on any atom is 2.00 e.